The van der Waals surface area contributed by atoms with Gasteiger partial charge in [-0.05, 0) is 73.9 Å². The SMILES string of the molecule is CC(C)(C)OC(=O)N1CCN(Cc2ccc(C(Nc3ccnc4cc(Cl)ccc34)c3ccc(Cl)cc3)cc2)CC1. The monoisotopic (exact) mass is 576 g/mol. The van der Waals surface area contributed by atoms with Gasteiger partial charge in [-0.1, -0.05) is 59.6 Å². The molecule has 0 aliphatic carbocycles. The van der Waals surface area contributed by atoms with E-state index in [1.54, 1.807) is 11.1 Å². The summed E-state index contributed by atoms with van der Waals surface area (Å²) in [6.45, 7) is 9.48. The molecule has 1 unspecified atom stereocenters. The highest BCUT2D eigenvalue weighted by Gasteiger charge is 2.26. The largest absolute Gasteiger partial charge is 0.444 e. The predicted molar refractivity (Wildman–Crippen MR) is 163 cm³/mol. The van der Waals surface area contributed by atoms with Crippen molar-refractivity contribution >= 4 is 45.9 Å². The number of hydrogen-bond donors (Lipinski definition) is 1. The van der Waals surface area contributed by atoms with Gasteiger partial charge in [0.15, 0.2) is 0 Å². The number of hydrogen-bond acceptors (Lipinski definition) is 5. The Morgan fingerprint density at radius 3 is 2.17 bits per heavy atom. The summed E-state index contributed by atoms with van der Waals surface area (Å²) in [4.78, 5) is 21.1. The first kappa shape index (κ1) is 28.2. The zero-order valence-electron chi connectivity index (χ0n) is 23.0. The number of pyridine rings is 1. The van der Waals surface area contributed by atoms with E-state index in [4.69, 9.17) is 27.9 Å². The Morgan fingerprint density at radius 2 is 1.52 bits per heavy atom. The molecule has 208 valence electrons. The lowest BCUT2D eigenvalue weighted by atomic mass is 9.97. The van der Waals surface area contributed by atoms with E-state index in [2.05, 4.69) is 51.6 Å². The average Bonchev–Trinajstić information content (AvgIpc) is 2.92. The Hall–Kier alpha value is -3.32. The van der Waals surface area contributed by atoms with Gasteiger partial charge in [0, 0.05) is 60.0 Å². The second-order valence-electron chi connectivity index (χ2n) is 11.1. The van der Waals surface area contributed by atoms with Gasteiger partial charge in [-0.3, -0.25) is 9.88 Å². The fourth-order valence-electron chi connectivity index (χ4n) is 4.91. The fourth-order valence-corrected chi connectivity index (χ4v) is 5.20. The summed E-state index contributed by atoms with van der Waals surface area (Å²) in [5, 5.41) is 6.11. The number of carbonyl (C=O) groups excluding carboxylic acids is 1. The first-order valence-electron chi connectivity index (χ1n) is 13.5. The molecular formula is C32H34Cl2N4O2. The van der Waals surface area contributed by atoms with Crippen LogP contribution in [-0.2, 0) is 11.3 Å². The van der Waals surface area contributed by atoms with Gasteiger partial charge in [0.2, 0.25) is 0 Å². The molecule has 1 saturated heterocycles. The molecule has 3 aromatic carbocycles. The van der Waals surface area contributed by atoms with E-state index in [1.807, 2.05) is 57.2 Å². The second kappa shape index (κ2) is 12.0. The molecule has 1 fully saturated rings. The molecule has 8 heteroatoms. The Labute approximate surface area is 245 Å². The number of halogens is 2. The first-order chi connectivity index (χ1) is 19.1. The molecule has 1 aliphatic heterocycles. The Morgan fingerprint density at radius 1 is 0.900 bits per heavy atom. The number of nitrogens with one attached hydrogen (secondary N) is 1. The summed E-state index contributed by atoms with van der Waals surface area (Å²) in [5.74, 6) is 0. The minimum Gasteiger partial charge on any atom is -0.444 e. The van der Waals surface area contributed by atoms with Crippen LogP contribution in [0.1, 0.15) is 43.5 Å². The number of nitrogens with zero attached hydrogens (tertiary/aromatic N) is 3. The lowest BCUT2D eigenvalue weighted by Crippen LogP contribution is -2.49. The number of aromatic nitrogens is 1. The highest BCUT2D eigenvalue weighted by atomic mass is 35.5. The van der Waals surface area contributed by atoms with Crippen LogP contribution in [0.2, 0.25) is 10.0 Å². The number of anilines is 1. The Bertz CT molecular complexity index is 1460. The van der Waals surface area contributed by atoms with Crippen molar-refractivity contribution in [2.75, 3.05) is 31.5 Å². The molecule has 1 N–H and O–H groups in total. The van der Waals surface area contributed by atoms with Crippen molar-refractivity contribution in [2.45, 2.75) is 39.0 Å². The van der Waals surface area contributed by atoms with Crippen LogP contribution in [0.25, 0.3) is 10.9 Å². The smallest absolute Gasteiger partial charge is 0.410 e. The molecule has 4 aromatic rings. The van der Waals surface area contributed by atoms with Crippen LogP contribution in [-0.4, -0.2) is 52.7 Å². The van der Waals surface area contributed by atoms with Crippen LogP contribution in [0, 0.1) is 0 Å². The van der Waals surface area contributed by atoms with E-state index >= 15 is 0 Å². The third-order valence-corrected chi connectivity index (χ3v) is 7.44. The van der Waals surface area contributed by atoms with E-state index in [1.165, 1.54) is 5.56 Å². The summed E-state index contributed by atoms with van der Waals surface area (Å²) >= 11 is 12.4. The fraction of sp³-hybridized carbons (Fsp3) is 0.312. The molecule has 0 spiro atoms. The van der Waals surface area contributed by atoms with E-state index in [0.29, 0.717) is 23.1 Å². The Kier molecular flexibility index (Phi) is 8.50. The van der Waals surface area contributed by atoms with Crippen molar-refractivity contribution in [1.29, 1.82) is 0 Å². The van der Waals surface area contributed by atoms with Crippen molar-refractivity contribution in [2.24, 2.45) is 0 Å². The van der Waals surface area contributed by atoms with E-state index in [9.17, 15) is 4.79 Å². The van der Waals surface area contributed by atoms with Crippen LogP contribution < -0.4 is 5.32 Å². The zero-order chi connectivity index (χ0) is 28.3. The average molecular weight is 578 g/mol. The maximum absolute atomic E-state index is 12.4. The quantitative estimate of drug-likeness (QED) is 0.254. The van der Waals surface area contributed by atoms with Crippen molar-refractivity contribution in [1.82, 2.24) is 14.8 Å². The number of carbonyl (C=O) groups is 1. The molecule has 2 heterocycles. The number of piperazine rings is 1. The summed E-state index contributed by atoms with van der Waals surface area (Å²) in [6.07, 6.45) is 1.56. The molecule has 1 aromatic heterocycles. The van der Waals surface area contributed by atoms with Crippen molar-refractivity contribution in [3.8, 4) is 0 Å². The first-order valence-corrected chi connectivity index (χ1v) is 14.3. The van der Waals surface area contributed by atoms with Crippen molar-refractivity contribution in [3.05, 3.63) is 106 Å². The van der Waals surface area contributed by atoms with Crippen molar-refractivity contribution in [3.63, 3.8) is 0 Å². The predicted octanol–water partition coefficient (Wildman–Crippen LogP) is 7.80. The van der Waals surface area contributed by atoms with Gasteiger partial charge >= 0.3 is 6.09 Å². The number of fused-ring (bicyclic) bond motifs is 1. The van der Waals surface area contributed by atoms with Crippen LogP contribution in [0.3, 0.4) is 0 Å². The third kappa shape index (κ3) is 7.05. The molecule has 5 rings (SSSR count). The number of rotatable bonds is 6. The molecule has 6 nitrogen and oxygen atoms in total. The highest BCUT2D eigenvalue weighted by Crippen LogP contribution is 2.32. The molecule has 0 bridgehead atoms. The lowest BCUT2D eigenvalue weighted by molar-refractivity contribution is 0.0139. The van der Waals surface area contributed by atoms with Gasteiger partial charge in [-0.15, -0.1) is 0 Å². The summed E-state index contributed by atoms with van der Waals surface area (Å²) in [5.41, 5.74) is 4.82. The minimum atomic E-state index is -0.479. The maximum Gasteiger partial charge on any atom is 0.410 e. The number of amides is 1. The summed E-state index contributed by atoms with van der Waals surface area (Å²) in [7, 11) is 0. The molecule has 1 aliphatic rings. The molecule has 1 amide bonds. The third-order valence-electron chi connectivity index (χ3n) is 6.95. The van der Waals surface area contributed by atoms with E-state index < -0.39 is 5.60 Å². The topological polar surface area (TPSA) is 57.7 Å². The molecule has 40 heavy (non-hydrogen) atoms. The van der Waals surface area contributed by atoms with Crippen LogP contribution in [0.5, 0.6) is 0 Å². The van der Waals surface area contributed by atoms with Gasteiger partial charge in [0.25, 0.3) is 0 Å². The standard InChI is InChI=1S/C32H34Cl2N4O2/c1-32(2,3)40-31(39)38-18-16-37(17-19-38)21-22-4-6-23(7-5-22)30(24-8-10-25(33)11-9-24)36-28-14-15-35-29-20-26(34)12-13-27(28)29/h4-15,20,30H,16-19,21H2,1-3H3,(H,35,36). The van der Waals surface area contributed by atoms with Gasteiger partial charge in [-0.2, -0.15) is 0 Å². The van der Waals surface area contributed by atoms with E-state index in [0.717, 1.165) is 47.4 Å². The lowest BCUT2D eigenvalue weighted by Gasteiger charge is -2.35. The van der Waals surface area contributed by atoms with Crippen LogP contribution >= 0.6 is 23.2 Å². The zero-order valence-corrected chi connectivity index (χ0v) is 24.5. The molecular weight excluding hydrogens is 543 g/mol. The van der Waals surface area contributed by atoms with Gasteiger partial charge in [-0.25, -0.2) is 4.79 Å². The Balaban J connectivity index is 1.31. The number of ether oxygens (including phenoxy) is 1. The number of benzene rings is 3. The second-order valence-corrected chi connectivity index (χ2v) is 12.0. The van der Waals surface area contributed by atoms with Crippen molar-refractivity contribution < 1.29 is 9.53 Å². The summed E-state index contributed by atoms with van der Waals surface area (Å²) < 4.78 is 5.53. The molecule has 1 atom stereocenters. The minimum absolute atomic E-state index is 0.0926. The van der Waals surface area contributed by atoms with Gasteiger partial charge in [0.1, 0.15) is 5.60 Å². The molecule has 0 saturated carbocycles. The normalized spacial score (nSPS) is 15.2. The highest BCUT2D eigenvalue weighted by molar-refractivity contribution is 6.31. The van der Waals surface area contributed by atoms with Crippen LogP contribution in [0.15, 0.2) is 79.0 Å². The maximum atomic E-state index is 12.4. The van der Waals surface area contributed by atoms with Gasteiger partial charge in [0.05, 0.1) is 11.6 Å². The van der Waals surface area contributed by atoms with E-state index in [-0.39, 0.29) is 12.1 Å². The summed E-state index contributed by atoms with van der Waals surface area (Å²) in [6, 6.07) is 24.3. The van der Waals surface area contributed by atoms with Crippen LogP contribution in [0.4, 0.5) is 10.5 Å². The molecule has 0 radical (unpaired) electrons. The van der Waals surface area contributed by atoms with Gasteiger partial charge < -0.3 is 15.0 Å².